The molecule has 3 heterocycles. The van der Waals surface area contributed by atoms with E-state index in [1.54, 1.807) is 0 Å². The Labute approximate surface area is 163 Å². The highest BCUT2D eigenvalue weighted by molar-refractivity contribution is 6.00. The number of hydrogen-bond donors (Lipinski definition) is 2. The Kier molecular flexibility index (Phi) is 4.26. The number of piperidine rings is 1. The molecule has 2 N–H and O–H groups in total. The van der Waals surface area contributed by atoms with Crippen LogP contribution in [-0.2, 0) is 4.79 Å². The van der Waals surface area contributed by atoms with Crippen LogP contribution in [0.3, 0.4) is 0 Å². The molecule has 1 aliphatic carbocycles. The van der Waals surface area contributed by atoms with Crippen LogP contribution in [0.1, 0.15) is 55.6 Å². The van der Waals surface area contributed by atoms with E-state index in [0.717, 1.165) is 55.6 Å². The van der Waals surface area contributed by atoms with Crippen molar-refractivity contribution in [2.75, 3.05) is 23.3 Å². The second kappa shape index (κ2) is 6.93. The number of nitrogens with one attached hydrogen (secondary N) is 2. The van der Waals surface area contributed by atoms with Gasteiger partial charge in [0.15, 0.2) is 5.78 Å². The Morgan fingerprint density at radius 1 is 0.964 bits per heavy atom. The van der Waals surface area contributed by atoms with Crippen LogP contribution in [0.4, 0.5) is 11.8 Å². The van der Waals surface area contributed by atoms with E-state index in [4.69, 9.17) is 4.98 Å². The first-order valence-electron chi connectivity index (χ1n) is 10.2. The predicted octanol–water partition coefficient (Wildman–Crippen LogP) is 3.32. The van der Waals surface area contributed by atoms with Gasteiger partial charge in [0.1, 0.15) is 5.82 Å². The Balaban J connectivity index is 1.67. The number of Topliss-reactive ketones (excluding diaryl/α,β-unsaturated/α-hetero) is 1. The number of allylic oxidation sites excluding steroid dienone is 2. The van der Waals surface area contributed by atoms with E-state index < -0.39 is 0 Å². The monoisotopic (exact) mass is 376 g/mol. The van der Waals surface area contributed by atoms with Crippen LogP contribution in [0.5, 0.6) is 0 Å². The maximum atomic E-state index is 13.2. The Hall–Kier alpha value is -2.89. The molecule has 2 aliphatic heterocycles. The van der Waals surface area contributed by atoms with Crippen molar-refractivity contribution in [1.29, 1.82) is 0 Å². The molecule has 1 fully saturated rings. The summed E-state index contributed by atoms with van der Waals surface area (Å²) in [5.41, 5.74) is 3.03. The molecule has 1 atom stereocenters. The number of anilines is 2. The number of carbonyl (C=O) groups is 1. The fourth-order valence-electron chi connectivity index (χ4n) is 4.68. The fourth-order valence-corrected chi connectivity index (χ4v) is 4.68. The van der Waals surface area contributed by atoms with Crippen molar-refractivity contribution < 1.29 is 4.79 Å². The lowest BCUT2D eigenvalue weighted by Gasteiger charge is -2.34. The van der Waals surface area contributed by atoms with Crippen LogP contribution in [-0.4, -0.2) is 28.8 Å². The van der Waals surface area contributed by atoms with Crippen molar-refractivity contribution >= 4 is 17.5 Å². The molecule has 6 nitrogen and oxygen atoms in total. The summed E-state index contributed by atoms with van der Waals surface area (Å²) >= 11 is 0. The molecule has 28 heavy (non-hydrogen) atoms. The fraction of sp³-hybridized carbons (Fsp3) is 0.409. The molecule has 0 spiro atoms. The highest BCUT2D eigenvalue weighted by Crippen LogP contribution is 2.43. The summed E-state index contributed by atoms with van der Waals surface area (Å²) in [7, 11) is 0. The quantitative estimate of drug-likeness (QED) is 0.841. The summed E-state index contributed by atoms with van der Waals surface area (Å²) in [5.74, 6) is 1.01. The van der Waals surface area contributed by atoms with Crippen molar-refractivity contribution in [1.82, 2.24) is 9.97 Å². The van der Waals surface area contributed by atoms with Crippen LogP contribution < -0.4 is 15.8 Å². The van der Waals surface area contributed by atoms with Gasteiger partial charge < -0.3 is 10.2 Å². The average molecular weight is 376 g/mol. The van der Waals surface area contributed by atoms with Crippen LogP contribution >= 0.6 is 0 Å². The predicted molar refractivity (Wildman–Crippen MR) is 109 cm³/mol. The first kappa shape index (κ1) is 17.2. The number of nitrogens with zero attached hydrogens (tertiary/aromatic N) is 2. The second-order valence-corrected chi connectivity index (χ2v) is 7.84. The number of aromatic amines is 1. The van der Waals surface area contributed by atoms with Crippen LogP contribution in [0.2, 0.25) is 0 Å². The lowest BCUT2D eigenvalue weighted by Crippen LogP contribution is -2.36. The van der Waals surface area contributed by atoms with Gasteiger partial charge in [-0.05, 0) is 37.7 Å². The molecule has 0 unspecified atom stereocenters. The van der Waals surface area contributed by atoms with E-state index >= 15 is 0 Å². The molecule has 0 radical (unpaired) electrons. The molecule has 1 aromatic carbocycles. The molecule has 1 aromatic heterocycles. The van der Waals surface area contributed by atoms with Gasteiger partial charge in [-0.1, -0.05) is 30.3 Å². The molecular weight excluding hydrogens is 352 g/mol. The molecule has 0 bridgehead atoms. The van der Waals surface area contributed by atoms with Gasteiger partial charge in [0.05, 0.1) is 5.56 Å². The van der Waals surface area contributed by atoms with Gasteiger partial charge in [-0.3, -0.25) is 14.6 Å². The van der Waals surface area contributed by atoms with E-state index in [1.165, 1.54) is 6.42 Å². The number of aromatic nitrogens is 2. The van der Waals surface area contributed by atoms with E-state index in [0.29, 0.717) is 23.8 Å². The van der Waals surface area contributed by atoms with Gasteiger partial charge in [0, 0.05) is 36.7 Å². The number of carbonyl (C=O) groups excluding carboxylic acids is 1. The van der Waals surface area contributed by atoms with Crippen molar-refractivity contribution in [2.24, 2.45) is 0 Å². The van der Waals surface area contributed by atoms with Crippen LogP contribution in [0.25, 0.3) is 0 Å². The largest absolute Gasteiger partial charge is 0.343 e. The topological polar surface area (TPSA) is 78.1 Å². The number of benzene rings is 1. The third-order valence-electron chi connectivity index (χ3n) is 6.03. The van der Waals surface area contributed by atoms with Gasteiger partial charge in [-0.2, -0.15) is 4.98 Å². The number of hydrogen-bond acceptors (Lipinski definition) is 5. The lowest BCUT2D eigenvalue weighted by molar-refractivity contribution is -0.116. The zero-order valence-corrected chi connectivity index (χ0v) is 15.8. The van der Waals surface area contributed by atoms with Crippen molar-refractivity contribution in [3.8, 4) is 0 Å². The number of rotatable bonds is 2. The van der Waals surface area contributed by atoms with Gasteiger partial charge in [0.2, 0.25) is 5.95 Å². The zero-order valence-electron chi connectivity index (χ0n) is 15.8. The van der Waals surface area contributed by atoms with Gasteiger partial charge >= 0.3 is 0 Å². The summed E-state index contributed by atoms with van der Waals surface area (Å²) in [5, 5.41) is 3.35. The zero-order chi connectivity index (χ0) is 19.1. The SMILES string of the molecule is O=C1CCCC2=C1[C@@H](c1ccccc1)c1c(nc(N3CCCCC3)[nH]c1=O)N2. The number of ketones is 1. The summed E-state index contributed by atoms with van der Waals surface area (Å²) in [6, 6.07) is 9.84. The van der Waals surface area contributed by atoms with Gasteiger partial charge in [0.25, 0.3) is 5.56 Å². The van der Waals surface area contributed by atoms with E-state index in [9.17, 15) is 9.59 Å². The maximum absolute atomic E-state index is 13.2. The number of H-pyrrole nitrogens is 1. The maximum Gasteiger partial charge on any atom is 0.258 e. The summed E-state index contributed by atoms with van der Waals surface area (Å²) in [6.45, 7) is 1.83. The minimum Gasteiger partial charge on any atom is -0.343 e. The van der Waals surface area contributed by atoms with E-state index in [-0.39, 0.29) is 17.3 Å². The standard InChI is InChI=1S/C22H24N4O2/c27-16-11-7-10-15-18(16)17(14-8-3-1-4-9-14)19-20(23-15)24-22(25-21(19)28)26-12-5-2-6-13-26/h1,3-4,8-9,17H,2,5-7,10-13H2,(H2,23,24,25,28)/t17-/m1/s1. The Morgan fingerprint density at radius 3 is 2.54 bits per heavy atom. The molecular formula is C22H24N4O2. The molecule has 5 rings (SSSR count). The molecule has 1 saturated heterocycles. The second-order valence-electron chi connectivity index (χ2n) is 7.84. The summed E-state index contributed by atoms with van der Waals surface area (Å²) < 4.78 is 0. The molecule has 0 saturated carbocycles. The molecule has 6 heteroatoms. The van der Waals surface area contributed by atoms with E-state index in [2.05, 4.69) is 15.2 Å². The first-order valence-corrected chi connectivity index (χ1v) is 10.2. The smallest absolute Gasteiger partial charge is 0.258 e. The van der Waals surface area contributed by atoms with Gasteiger partial charge in [-0.25, -0.2) is 0 Å². The average Bonchev–Trinajstić information content (AvgIpc) is 2.73. The van der Waals surface area contributed by atoms with Crippen molar-refractivity contribution in [3.63, 3.8) is 0 Å². The number of fused-ring (bicyclic) bond motifs is 1. The Bertz CT molecular complexity index is 1000. The summed E-state index contributed by atoms with van der Waals surface area (Å²) in [6.07, 6.45) is 5.64. The third-order valence-corrected chi connectivity index (χ3v) is 6.03. The molecule has 2 aromatic rings. The highest BCUT2D eigenvalue weighted by atomic mass is 16.1. The van der Waals surface area contributed by atoms with Crippen LogP contribution in [0, 0.1) is 0 Å². The highest BCUT2D eigenvalue weighted by Gasteiger charge is 2.38. The minimum atomic E-state index is -0.355. The van der Waals surface area contributed by atoms with Crippen molar-refractivity contribution in [3.05, 3.63) is 63.1 Å². The lowest BCUT2D eigenvalue weighted by atomic mass is 9.76. The van der Waals surface area contributed by atoms with Gasteiger partial charge in [-0.15, -0.1) is 0 Å². The summed E-state index contributed by atoms with van der Waals surface area (Å²) in [4.78, 5) is 36.0. The minimum absolute atomic E-state index is 0.132. The van der Waals surface area contributed by atoms with Crippen molar-refractivity contribution in [2.45, 2.75) is 44.4 Å². The normalized spacial score (nSPS) is 21.8. The van der Waals surface area contributed by atoms with Crippen LogP contribution in [0.15, 0.2) is 46.4 Å². The van der Waals surface area contributed by atoms with E-state index in [1.807, 2.05) is 30.3 Å². The first-order chi connectivity index (χ1) is 13.7. The molecule has 144 valence electrons. The molecule has 3 aliphatic rings. The Morgan fingerprint density at radius 2 is 1.75 bits per heavy atom. The third kappa shape index (κ3) is 2.84. The molecule has 0 amide bonds.